The molecule has 5 nitrogen and oxygen atoms in total. The number of ketones is 1. The van der Waals surface area contributed by atoms with Crippen LogP contribution in [0.3, 0.4) is 0 Å². The predicted octanol–water partition coefficient (Wildman–Crippen LogP) is 5.59. The third kappa shape index (κ3) is 5.21. The largest absolute Gasteiger partial charge is 0.493 e. The van der Waals surface area contributed by atoms with Gasteiger partial charge in [0.25, 0.3) is 0 Å². The van der Waals surface area contributed by atoms with Crippen molar-refractivity contribution in [2.24, 2.45) is 0 Å². The van der Waals surface area contributed by atoms with Gasteiger partial charge in [0.2, 0.25) is 0 Å². The summed E-state index contributed by atoms with van der Waals surface area (Å²) in [5.74, 6) is 2.11. The Kier molecular flexibility index (Phi) is 8.35. The van der Waals surface area contributed by atoms with Crippen LogP contribution >= 0.6 is 0 Å². The van der Waals surface area contributed by atoms with Gasteiger partial charge in [-0.25, -0.2) is 0 Å². The summed E-state index contributed by atoms with van der Waals surface area (Å²) in [6.07, 6.45) is 2.91. The van der Waals surface area contributed by atoms with Crippen molar-refractivity contribution in [3.63, 3.8) is 0 Å². The van der Waals surface area contributed by atoms with Crippen molar-refractivity contribution in [1.29, 1.82) is 0 Å². The Labute approximate surface area is 186 Å². The number of likely N-dealkylation sites (N-methyl/N-ethyl adjacent to an activating group) is 1. The average molecular weight is 426 g/mol. The number of carbonyl (C=O) groups is 1. The number of benzene rings is 2. The number of unbranched alkanes of at least 4 members (excludes halogenated alkanes) is 1. The summed E-state index contributed by atoms with van der Waals surface area (Å²) in [7, 11) is 0. The molecule has 2 aromatic carbocycles. The zero-order valence-electron chi connectivity index (χ0n) is 19.3. The summed E-state index contributed by atoms with van der Waals surface area (Å²) >= 11 is 0. The van der Waals surface area contributed by atoms with Crippen LogP contribution in [0.2, 0.25) is 0 Å². The van der Waals surface area contributed by atoms with Crippen LogP contribution in [0.1, 0.15) is 62.9 Å². The number of fused-ring (bicyclic) bond motifs is 3. The van der Waals surface area contributed by atoms with Crippen LogP contribution in [-0.2, 0) is 0 Å². The summed E-state index contributed by atoms with van der Waals surface area (Å²) in [6, 6.07) is 9.47. The van der Waals surface area contributed by atoms with Gasteiger partial charge in [0.1, 0.15) is 23.9 Å². The van der Waals surface area contributed by atoms with Gasteiger partial charge in [-0.2, -0.15) is 0 Å². The minimum absolute atomic E-state index is 0.00137. The van der Waals surface area contributed by atoms with E-state index in [1.807, 2.05) is 30.3 Å². The fourth-order valence-electron chi connectivity index (χ4n) is 3.84. The molecule has 2 aromatic rings. The molecule has 0 bridgehead atoms. The van der Waals surface area contributed by atoms with E-state index in [2.05, 4.69) is 32.6 Å². The third-order valence-electron chi connectivity index (χ3n) is 5.63. The molecule has 0 saturated heterocycles. The molecule has 0 aliphatic heterocycles. The molecule has 0 radical (unpaired) electrons. The Morgan fingerprint density at radius 3 is 2.23 bits per heavy atom. The van der Waals surface area contributed by atoms with Gasteiger partial charge in [0, 0.05) is 34.9 Å². The van der Waals surface area contributed by atoms with Crippen molar-refractivity contribution in [3.05, 3.63) is 41.5 Å². The lowest BCUT2D eigenvalue weighted by Crippen LogP contribution is -2.28. The normalized spacial score (nSPS) is 12.1. The Balaban J connectivity index is 1.97. The molecule has 0 fully saturated rings. The molecule has 1 aliphatic carbocycles. The topological polar surface area (TPSA) is 48.0 Å². The third-order valence-corrected chi connectivity index (χ3v) is 5.63. The highest BCUT2D eigenvalue weighted by atomic mass is 16.5. The summed E-state index contributed by atoms with van der Waals surface area (Å²) in [4.78, 5) is 15.6. The van der Waals surface area contributed by atoms with E-state index < -0.39 is 0 Å². The van der Waals surface area contributed by atoms with E-state index >= 15 is 0 Å². The van der Waals surface area contributed by atoms with Crippen LogP contribution in [0.15, 0.2) is 30.3 Å². The molecule has 31 heavy (non-hydrogen) atoms. The molecule has 0 aromatic heterocycles. The second-order valence-corrected chi connectivity index (χ2v) is 7.78. The maximum atomic E-state index is 13.2. The Morgan fingerprint density at radius 2 is 1.52 bits per heavy atom. The SMILES string of the molecule is CCCCOc1cc(OCCC)cc2c1-c1c(OCCN(CC)CC)cccc1C2=O. The molecule has 0 N–H and O–H groups in total. The Hall–Kier alpha value is -2.53. The summed E-state index contributed by atoms with van der Waals surface area (Å²) in [6.45, 7) is 13.1. The monoisotopic (exact) mass is 425 g/mol. The van der Waals surface area contributed by atoms with Crippen molar-refractivity contribution in [2.75, 3.05) is 39.5 Å². The molecule has 0 heterocycles. The maximum absolute atomic E-state index is 13.2. The summed E-state index contributed by atoms with van der Waals surface area (Å²) in [5, 5.41) is 0. The number of rotatable bonds is 13. The molecule has 5 heteroatoms. The molecule has 168 valence electrons. The van der Waals surface area contributed by atoms with E-state index in [4.69, 9.17) is 14.2 Å². The lowest BCUT2D eigenvalue weighted by atomic mass is 10.0. The first-order valence-electron chi connectivity index (χ1n) is 11.6. The van der Waals surface area contributed by atoms with Gasteiger partial charge in [-0.1, -0.05) is 46.2 Å². The smallest absolute Gasteiger partial charge is 0.194 e. The highest BCUT2D eigenvalue weighted by Gasteiger charge is 2.33. The van der Waals surface area contributed by atoms with E-state index in [1.54, 1.807) is 0 Å². The maximum Gasteiger partial charge on any atom is 0.194 e. The number of carbonyl (C=O) groups excluding carboxylic acids is 1. The highest BCUT2D eigenvalue weighted by Crippen LogP contribution is 2.49. The highest BCUT2D eigenvalue weighted by molar-refractivity contribution is 6.23. The molecule has 0 amide bonds. The van der Waals surface area contributed by atoms with Gasteiger partial charge < -0.3 is 19.1 Å². The van der Waals surface area contributed by atoms with Crippen LogP contribution in [0.25, 0.3) is 11.1 Å². The predicted molar refractivity (Wildman–Crippen MR) is 125 cm³/mol. The first-order valence-corrected chi connectivity index (χ1v) is 11.6. The van der Waals surface area contributed by atoms with Crippen LogP contribution in [0.5, 0.6) is 17.2 Å². The first-order chi connectivity index (χ1) is 15.1. The van der Waals surface area contributed by atoms with Gasteiger partial charge in [-0.3, -0.25) is 4.79 Å². The molecule has 1 aliphatic rings. The van der Waals surface area contributed by atoms with Crippen LogP contribution < -0.4 is 14.2 Å². The van der Waals surface area contributed by atoms with Crippen LogP contribution in [0.4, 0.5) is 0 Å². The molecule has 0 spiro atoms. The fraction of sp³-hybridized carbons (Fsp3) is 0.500. The molecule has 3 rings (SSSR count). The first kappa shape index (κ1) is 23.1. The van der Waals surface area contributed by atoms with Crippen LogP contribution in [-0.4, -0.2) is 50.1 Å². The quantitative estimate of drug-likeness (QED) is 0.334. The van der Waals surface area contributed by atoms with Gasteiger partial charge in [-0.05, 0) is 38.1 Å². The lowest BCUT2D eigenvalue weighted by Gasteiger charge is -2.19. The van der Waals surface area contributed by atoms with E-state index in [0.717, 1.165) is 55.8 Å². The number of hydrogen-bond acceptors (Lipinski definition) is 5. The van der Waals surface area contributed by atoms with Crippen molar-refractivity contribution in [1.82, 2.24) is 4.90 Å². The number of ether oxygens (including phenoxy) is 3. The molecular weight excluding hydrogens is 390 g/mol. The minimum Gasteiger partial charge on any atom is -0.493 e. The number of hydrogen-bond donors (Lipinski definition) is 0. The average Bonchev–Trinajstić information content (AvgIpc) is 3.08. The standard InChI is InChI=1S/C26H35NO4/c1-5-9-15-30-23-18-19(29-14-6-2)17-21-25(23)24-20(26(21)28)11-10-12-22(24)31-16-13-27(7-3)8-4/h10-12,17-18H,5-9,13-16H2,1-4H3. The molecular formula is C26H35NO4. The Morgan fingerprint density at radius 1 is 0.774 bits per heavy atom. The van der Waals surface area contributed by atoms with E-state index in [9.17, 15) is 4.79 Å². The second kappa shape index (κ2) is 11.2. The molecule has 0 saturated carbocycles. The molecule has 0 atom stereocenters. The van der Waals surface area contributed by atoms with E-state index in [-0.39, 0.29) is 5.78 Å². The van der Waals surface area contributed by atoms with E-state index in [1.165, 1.54) is 0 Å². The van der Waals surface area contributed by atoms with Crippen molar-refractivity contribution in [2.45, 2.75) is 47.0 Å². The lowest BCUT2D eigenvalue weighted by molar-refractivity contribution is 0.104. The van der Waals surface area contributed by atoms with Crippen molar-refractivity contribution >= 4 is 5.78 Å². The Bertz CT molecular complexity index is 889. The van der Waals surface area contributed by atoms with Gasteiger partial charge in [-0.15, -0.1) is 0 Å². The second-order valence-electron chi connectivity index (χ2n) is 7.78. The van der Waals surface area contributed by atoms with Crippen LogP contribution in [0, 0.1) is 0 Å². The molecule has 0 unspecified atom stereocenters. The zero-order valence-corrected chi connectivity index (χ0v) is 19.3. The fourth-order valence-corrected chi connectivity index (χ4v) is 3.84. The van der Waals surface area contributed by atoms with Crippen molar-refractivity contribution in [3.8, 4) is 28.4 Å². The van der Waals surface area contributed by atoms with Gasteiger partial charge in [0.05, 0.1) is 13.2 Å². The van der Waals surface area contributed by atoms with E-state index in [0.29, 0.717) is 42.4 Å². The van der Waals surface area contributed by atoms with Crippen molar-refractivity contribution < 1.29 is 19.0 Å². The van der Waals surface area contributed by atoms with Gasteiger partial charge >= 0.3 is 0 Å². The number of nitrogens with zero attached hydrogens (tertiary/aromatic N) is 1. The minimum atomic E-state index is 0.00137. The summed E-state index contributed by atoms with van der Waals surface area (Å²) < 4.78 is 18.2. The summed E-state index contributed by atoms with van der Waals surface area (Å²) in [5.41, 5.74) is 2.98. The zero-order chi connectivity index (χ0) is 22.2. The van der Waals surface area contributed by atoms with Gasteiger partial charge in [0.15, 0.2) is 5.78 Å².